The van der Waals surface area contributed by atoms with Crippen LogP contribution in [0.5, 0.6) is 0 Å². The molecule has 0 aliphatic heterocycles. The summed E-state index contributed by atoms with van der Waals surface area (Å²) in [6.45, 7) is 3.98. The lowest BCUT2D eigenvalue weighted by Crippen LogP contribution is -2.08. The van der Waals surface area contributed by atoms with Gasteiger partial charge >= 0.3 is 5.97 Å². The maximum atomic E-state index is 13.2. The van der Waals surface area contributed by atoms with Crippen molar-refractivity contribution in [1.82, 2.24) is 0 Å². The smallest absolute Gasteiger partial charge is 0.335 e. The molecule has 0 aliphatic rings. The number of carbonyl (C=O) groups excluding carboxylic acids is 1. The van der Waals surface area contributed by atoms with Gasteiger partial charge in [-0.25, -0.2) is 4.79 Å². The third-order valence-electron chi connectivity index (χ3n) is 5.52. The van der Waals surface area contributed by atoms with Gasteiger partial charge in [-0.3, -0.25) is 9.59 Å². The normalized spacial score (nSPS) is 11.3. The van der Waals surface area contributed by atoms with E-state index in [2.05, 4.69) is 6.92 Å². The predicted octanol–water partition coefficient (Wildman–Crippen LogP) is 6.14. The molecule has 0 unspecified atom stereocenters. The number of benzene rings is 2. The Balaban J connectivity index is 2.05. The van der Waals surface area contributed by atoms with Crippen LogP contribution in [0.2, 0.25) is 0 Å². The highest BCUT2D eigenvalue weighted by Gasteiger charge is 2.18. The maximum absolute atomic E-state index is 13.2. The highest BCUT2D eigenvalue weighted by atomic mass is 16.4. The van der Waals surface area contributed by atoms with Gasteiger partial charge < -0.3 is 9.52 Å². The molecule has 1 N–H and O–H groups in total. The van der Waals surface area contributed by atoms with Crippen LogP contribution in [0, 0.1) is 0 Å². The fourth-order valence-electron chi connectivity index (χ4n) is 3.80. The van der Waals surface area contributed by atoms with E-state index in [0.717, 1.165) is 24.8 Å². The summed E-state index contributed by atoms with van der Waals surface area (Å²) >= 11 is 0. The first kappa shape index (κ1) is 21.8. The highest BCUT2D eigenvalue weighted by Crippen LogP contribution is 2.26. The SMILES string of the molecule is CCCCCCCCc1cc(C(=O)CC)c2oc3ccc(C(=O)O)cc3c(=O)c2c1. The van der Waals surface area contributed by atoms with Crippen LogP contribution in [0.4, 0.5) is 0 Å². The zero-order valence-corrected chi connectivity index (χ0v) is 17.6. The summed E-state index contributed by atoms with van der Waals surface area (Å²) in [6, 6.07) is 7.86. The molecular weight excluding hydrogens is 380 g/mol. The van der Waals surface area contributed by atoms with Gasteiger partial charge in [-0.15, -0.1) is 0 Å². The molecule has 2 aromatic carbocycles. The summed E-state index contributed by atoms with van der Waals surface area (Å²) in [5.41, 5.74) is 1.67. The molecule has 5 nitrogen and oxygen atoms in total. The van der Waals surface area contributed by atoms with Gasteiger partial charge in [-0.1, -0.05) is 46.0 Å². The number of carboxylic acid groups (broad SMARTS) is 1. The molecule has 0 aliphatic carbocycles. The fraction of sp³-hybridized carbons (Fsp3) is 0.400. The number of Topliss-reactive ketones (excluding diaryl/α,β-unsaturated/α-hetero) is 1. The molecule has 0 saturated heterocycles. The number of fused-ring (bicyclic) bond motifs is 2. The van der Waals surface area contributed by atoms with E-state index in [1.54, 1.807) is 13.0 Å². The minimum atomic E-state index is -1.10. The van der Waals surface area contributed by atoms with Crippen molar-refractivity contribution < 1.29 is 19.1 Å². The van der Waals surface area contributed by atoms with E-state index in [1.807, 2.05) is 6.07 Å². The average molecular weight is 408 g/mol. The highest BCUT2D eigenvalue weighted by molar-refractivity contribution is 6.08. The maximum Gasteiger partial charge on any atom is 0.335 e. The topological polar surface area (TPSA) is 84.6 Å². The van der Waals surface area contributed by atoms with Crippen LogP contribution in [0.25, 0.3) is 21.9 Å². The number of rotatable bonds is 10. The standard InChI is InChI=1S/C25H28O5/c1-3-5-6-7-8-9-10-16-13-18(21(26)4-2)24-20(14-16)23(27)19-15-17(25(28)29)11-12-22(19)30-24/h11-15H,3-10H2,1-2H3,(H,28,29). The Hall–Kier alpha value is -2.95. The van der Waals surface area contributed by atoms with Gasteiger partial charge in [0.15, 0.2) is 5.78 Å². The number of aryl methyl sites for hydroxylation is 1. The summed E-state index contributed by atoms with van der Waals surface area (Å²) < 4.78 is 5.93. The Labute approximate surface area is 175 Å². The molecule has 0 bridgehead atoms. The minimum Gasteiger partial charge on any atom is -0.478 e. The van der Waals surface area contributed by atoms with E-state index in [9.17, 15) is 19.5 Å². The minimum absolute atomic E-state index is 0.0299. The number of aromatic carboxylic acids is 1. The summed E-state index contributed by atoms with van der Waals surface area (Å²) in [6.07, 6.45) is 8.09. The Morgan fingerprint density at radius 2 is 1.67 bits per heavy atom. The van der Waals surface area contributed by atoms with E-state index < -0.39 is 5.97 Å². The van der Waals surface area contributed by atoms with Gasteiger partial charge in [-0.05, 0) is 48.7 Å². The third kappa shape index (κ3) is 4.61. The summed E-state index contributed by atoms with van der Waals surface area (Å²) in [4.78, 5) is 37.0. The molecule has 3 aromatic rings. The van der Waals surface area contributed by atoms with Crippen molar-refractivity contribution in [2.24, 2.45) is 0 Å². The zero-order valence-electron chi connectivity index (χ0n) is 17.6. The fourth-order valence-corrected chi connectivity index (χ4v) is 3.80. The summed E-state index contributed by atoms with van der Waals surface area (Å²) in [5.74, 6) is -1.18. The van der Waals surface area contributed by atoms with Crippen LogP contribution in [0.3, 0.4) is 0 Å². The van der Waals surface area contributed by atoms with E-state index in [0.29, 0.717) is 17.4 Å². The third-order valence-corrected chi connectivity index (χ3v) is 5.52. The van der Waals surface area contributed by atoms with Crippen molar-refractivity contribution in [3.05, 3.63) is 57.2 Å². The van der Waals surface area contributed by atoms with Gasteiger partial charge in [-0.2, -0.15) is 0 Å². The van der Waals surface area contributed by atoms with Gasteiger partial charge in [0.2, 0.25) is 5.43 Å². The second kappa shape index (κ2) is 9.70. The van der Waals surface area contributed by atoms with Crippen LogP contribution in [-0.4, -0.2) is 16.9 Å². The van der Waals surface area contributed by atoms with Crippen molar-refractivity contribution in [3.8, 4) is 0 Å². The number of hydrogen-bond donors (Lipinski definition) is 1. The molecule has 30 heavy (non-hydrogen) atoms. The van der Waals surface area contributed by atoms with Gasteiger partial charge in [0, 0.05) is 6.42 Å². The zero-order chi connectivity index (χ0) is 21.7. The van der Waals surface area contributed by atoms with Crippen molar-refractivity contribution >= 4 is 33.7 Å². The van der Waals surface area contributed by atoms with Crippen LogP contribution >= 0.6 is 0 Å². The molecule has 5 heteroatoms. The second-order valence-electron chi connectivity index (χ2n) is 7.76. The van der Waals surface area contributed by atoms with Crippen molar-refractivity contribution in [3.63, 3.8) is 0 Å². The first-order valence-electron chi connectivity index (χ1n) is 10.8. The van der Waals surface area contributed by atoms with Crippen molar-refractivity contribution in [1.29, 1.82) is 0 Å². The van der Waals surface area contributed by atoms with Gasteiger partial charge in [0.1, 0.15) is 11.2 Å². The first-order valence-corrected chi connectivity index (χ1v) is 10.8. The van der Waals surface area contributed by atoms with E-state index in [-0.39, 0.29) is 33.3 Å². The second-order valence-corrected chi connectivity index (χ2v) is 7.76. The molecule has 0 spiro atoms. The van der Waals surface area contributed by atoms with E-state index in [4.69, 9.17) is 4.42 Å². The lowest BCUT2D eigenvalue weighted by molar-refractivity contribution is 0.0697. The van der Waals surface area contributed by atoms with Crippen LogP contribution < -0.4 is 5.43 Å². The van der Waals surface area contributed by atoms with Crippen molar-refractivity contribution in [2.45, 2.75) is 65.2 Å². The quantitative estimate of drug-likeness (QED) is 0.247. The molecule has 1 heterocycles. The lowest BCUT2D eigenvalue weighted by Gasteiger charge is -2.10. The van der Waals surface area contributed by atoms with E-state index >= 15 is 0 Å². The number of carboxylic acids is 1. The molecule has 1 aromatic heterocycles. The molecule has 3 rings (SSSR count). The summed E-state index contributed by atoms with van der Waals surface area (Å²) in [5, 5.41) is 9.79. The predicted molar refractivity (Wildman–Crippen MR) is 119 cm³/mol. The molecule has 0 amide bonds. The Bertz CT molecular complexity index is 1140. The van der Waals surface area contributed by atoms with Crippen LogP contribution in [0.1, 0.15) is 85.1 Å². The van der Waals surface area contributed by atoms with Crippen molar-refractivity contribution in [2.75, 3.05) is 0 Å². The van der Waals surface area contributed by atoms with Crippen LogP contribution in [0.15, 0.2) is 39.5 Å². The number of carbonyl (C=O) groups is 2. The molecule has 0 radical (unpaired) electrons. The Kier molecular flexibility index (Phi) is 7.03. The monoisotopic (exact) mass is 408 g/mol. The van der Waals surface area contributed by atoms with Gasteiger partial charge in [0.25, 0.3) is 0 Å². The molecule has 158 valence electrons. The van der Waals surface area contributed by atoms with E-state index in [1.165, 1.54) is 43.9 Å². The first-order chi connectivity index (χ1) is 14.5. The largest absolute Gasteiger partial charge is 0.478 e. The Morgan fingerprint density at radius 3 is 2.37 bits per heavy atom. The van der Waals surface area contributed by atoms with Crippen LogP contribution in [-0.2, 0) is 6.42 Å². The summed E-state index contributed by atoms with van der Waals surface area (Å²) in [7, 11) is 0. The van der Waals surface area contributed by atoms with Gasteiger partial charge in [0.05, 0.1) is 21.9 Å². The molecule has 0 saturated carbocycles. The molecular formula is C25H28O5. The number of hydrogen-bond acceptors (Lipinski definition) is 4. The average Bonchev–Trinajstić information content (AvgIpc) is 2.75. The number of unbranched alkanes of at least 4 members (excludes halogenated alkanes) is 5. The Morgan fingerprint density at radius 1 is 0.933 bits per heavy atom. The molecule has 0 fully saturated rings. The molecule has 0 atom stereocenters. The number of ketones is 1. The lowest BCUT2D eigenvalue weighted by atomic mass is 9.97.